The van der Waals surface area contributed by atoms with E-state index in [1.54, 1.807) is 0 Å². The number of rotatable bonds is 6. The van der Waals surface area contributed by atoms with Crippen molar-refractivity contribution in [2.75, 3.05) is 26.2 Å². The number of carbonyl (C=O) groups excluding carboxylic acids is 1. The van der Waals surface area contributed by atoms with Crippen LogP contribution in [0.3, 0.4) is 0 Å². The standard InChI is InChI=1S/C16H28N4O/c1-4-19(5-2)16(21)13(3)20-10-7-14(8-11-20)12-15-6-9-17-18-15/h6,9,13-14H,4-5,7-8,10-12H2,1-3H3,(H,17,18). The second-order valence-corrected chi connectivity index (χ2v) is 5.95. The Kier molecular flexibility index (Phi) is 5.79. The monoisotopic (exact) mass is 292 g/mol. The number of aromatic nitrogens is 2. The number of carbonyl (C=O) groups is 1. The molecule has 2 heterocycles. The van der Waals surface area contributed by atoms with Crippen molar-refractivity contribution in [1.29, 1.82) is 0 Å². The van der Waals surface area contributed by atoms with Gasteiger partial charge in [-0.25, -0.2) is 0 Å². The Labute approximate surface area is 127 Å². The highest BCUT2D eigenvalue weighted by Gasteiger charge is 2.28. The van der Waals surface area contributed by atoms with Gasteiger partial charge in [-0.2, -0.15) is 5.10 Å². The zero-order valence-corrected chi connectivity index (χ0v) is 13.5. The van der Waals surface area contributed by atoms with Gasteiger partial charge in [0.25, 0.3) is 0 Å². The second-order valence-electron chi connectivity index (χ2n) is 5.95. The molecule has 1 N–H and O–H groups in total. The molecular weight excluding hydrogens is 264 g/mol. The molecule has 0 saturated carbocycles. The molecule has 0 aliphatic carbocycles. The minimum absolute atomic E-state index is 0.0120. The third kappa shape index (κ3) is 4.06. The average Bonchev–Trinajstić information content (AvgIpc) is 3.01. The zero-order chi connectivity index (χ0) is 15.2. The van der Waals surface area contributed by atoms with E-state index in [-0.39, 0.29) is 11.9 Å². The Balaban J connectivity index is 1.81. The van der Waals surface area contributed by atoms with Gasteiger partial charge >= 0.3 is 0 Å². The summed E-state index contributed by atoms with van der Waals surface area (Å²) in [6.07, 6.45) is 5.21. The summed E-state index contributed by atoms with van der Waals surface area (Å²) in [4.78, 5) is 16.7. The smallest absolute Gasteiger partial charge is 0.239 e. The van der Waals surface area contributed by atoms with Gasteiger partial charge < -0.3 is 4.90 Å². The fourth-order valence-corrected chi connectivity index (χ4v) is 3.21. The van der Waals surface area contributed by atoms with E-state index in [4.69, 9.17) is 0 Å². The molecule has 0 aromatic carbocycles. The fourth-order valence-electron chi connectivity index (χ4n) is 3.21. The van der Waals surface area contributed by atoms with E-state index in [1.807, 2.05) is 24.9 Å². The number of hydrogen-bond donors (Lipinski definition) is 1. The van der Waals surface area contributed by atoms with Crippen LogP contribution in [0, 0.1) is 5.92 Å². The van der Waals surface area contributed by atoms with Gasteiger partial charge in [-0.05, 0) is 65.1 Å². The van der Waals surface area contributed by atoms with Crippen molar-refractivity contribution < 1.29 is 4.79 Å². The maximum absolute atomic E-state index is 12.4. The van der Waals surface area contributed by atoms with Crippen molar-refractivity contribution >= 4 is 5.91 Å². The van der Waals surface area contributed by atoms with Crippen LogP contribution in [-0.4, -0.2) is 58.1 Å². The number of nitrogens with one attached hydrogen (secondary N) is 1. The van der Waals surface area contributed by atoms with Crippen molar-refractivity contribution in [3.63, 3.8) is 0 Å². The number of likely N-dealkylation sites (N-methyl/N-ethyl adjacent to an activating group) is 1. The van der Waals surface area contributed by atoms with E-state index >= 15 is 0 Å². The highest BCUT2D eigenvalue weighted by molar-refractivity contribution is 5.81. The Hall–Kier alpha value is -1.36. The summed E-state index contributed by atoms with van der Waals surface area (Å²) in [6, 6.07) is 2.07. The summed E-state index contributed by atoms with van der Waals surface area (Å²) >= 11 is 0. The van der Waals surface area contributed by atoms with Crippen molar-refractivity contribution in [3.05, 3.63) is 18.0 Å². The lowest BCUT2D eigenvalue weighted by atomic mass is 9.91. The minimum Gasteiger partial charge on any atom is -0.342 e. The number of nitrogens with zero attached hydrogens (tertiary/aromatic N) is 3. The van der Waals surface area contributed by atoms with Gasteiger partial charge in [0.2, 0.25) is 5.91 Å². The number of H-pyrrole nitrogens is 1. The maximum atomic E-state index is 12.4. The molecule has 5 heteroatoms. The maximum Gasteiger partial charge on any atom is 0.239 e. The van der Waals surface area contributed by atoms with Crippen LogP contribution in [0.15, 0.2) is 12.3 Å². The van der Waals surface area contributed by atoms with Gasteiger partial charge in [-0.15, -0.1) is 0 Å². The largest absolute Gasteiger partial charge is 0.342 e. The molecule has 0 radical (unpaired) electrons. The van der Waals surface area contributed by atoms with E-state index < -0.39 is 0 Å². The predicted octanol–water partition coefficient (Wildman–Crippen LogP) is 1.92. The lowest BCUT2D eigenvalue weighted by Crippen LogP contribution is -2.49. The molecule has 2 rings (SSSR count). The first-order valence-electron chi connectivity index (χ1n) is 8.16. The fraction of sp³-hybridized carbons (Fsp3) is 0.750. The molecule has 1 saturated heterocycles. The Bertz CT molecular complexity index is 419. The van der Waals surface area contributed by atoms with Crippen molar-refractivity contribution in [2.24, 2.45) is 5.92 Å². The van der Waals surface area contributed by atoms with Crippen LogP contribution in [0.5, 0.6) is 0 Å². The van der Waals surface area contributed by atoms with E-state index in [0.717, 1.165) is 45.4 Å². The average molecular weight is 292 g/mol. The number of piperidine rings is 1. The molecule has 118 valence electrons. The number of likely N-dealkylation sites (tertiary alicyclic amines) is 1. The summed E-state index contributed by atoms with van der Waals surface area (Å²) in [7, 11) is 0. The van der Waals surface area contributed by atoms with E-state index in [9.17, 15) is 4.79 Å². The van der Waals surface area contributed by atoms with Gasteiger partial charge in [0.1, 0.15) is 0 Å². The van der Waals surface area contributed by atoms with Gasteiger partial charge in [0.15, 0.2) is 0 Å². The highest BCUT2D eigenvalue weighted by atomic mass is 16.2. The van der Waals surface area contributed by atoms with Crippen LogP contribution in [-0.2, 0) is 11.2 Å². The van der Waals surface area contributed by atoms with Crippen LogP contribution in [0.4, 0.5) is 0 Å². The Morgan fingerprint density at radius 3 is 2.62 bits per heavy atom. The molecule has 0 spiro atoms. The van der Waals surface area contributed by atoms with Crippen molar-refractivity contribution in [2.45, 2.75) is 46.1 Å². The first kappa shape index (κ1) is 16.0. The van der Waals surface area contributed by atoms with E-state index in [0.29, 0.717) is 5.92 Å². The lowest BCUT2D eigenvalue weighted by molar-refractivity contribution is -0.136. The molecule has 5 nitrogen and oxygen atoms in total. The van der Waals surface area contributed by atoms with Crippen LogP contribution in [0.1, 0.15) is 39.3 Å². The summed E-state index contributed by atoms with van der Waals surface area (Å²) in [5.74, 6) is 0.976. The third-order valence-corrected chi connectivity index (χ3v) is 4.70. The van der Waals surface area contributed by atoms with E-state index in [2.05, 4.69) is 28.1 Å². The van der Waals surface area contributed by atoms with Crippen LogP contribution in [0.25, 0.3) is 0 Å². The van der Waals surface area contributed by atoms with Crippen LogP contribution in [0.2, 0.25) is 0 Å². The molecule has 1 aromatic rings. The van der Waals surface area contributed by atoms with Crippen LogP contribution < -0.4 is 0 Å². The molecule has 1 unspecified atom stereocenters. The Morgan fingerprint density at radius 2 is 2.10 bits per heavy atom. The molecule has 0 bridgehead atoms. The number of hydrogen-bond acceptors (Lipinski definition) is 3. The van der Waals surface area contributed by atoms with Gasteiger partial charge in [-0.3, -0.25) is 14.8 Å². The topological polar surface area (TPSA) is 52.2 Å². The number of aromatic amines is 1. The summed E-state index contributed by atoms with van der Waals surface area (Å²) in [5, 5.41) is 7.05. The summed E-state index contributed by atoms with van der Waals surface area (Å²) in [6.45, 7) is 9.79. The normalized spacial score (nSPS) is 18.6. The van der Waals surface area contributed by atoms with Crippen molar-refractivity contribution in [3.8, 4) is 0 Å². The molecule has 1 atom stereocenters. The number of amides is 1. The quantitative estimate of drug-likeness (QED) is 0.871. The Morgan fingerprint density at radius 1 is 1.43 bits per heavy atom. The first-order chi connectivity index (χ1) is 10.2. The minimum atomic E-state index is 0.0120. The third-order valence-electron chi connectivity index (χ3n) is 4.70. The SMILES string of the molecule is CCN(CC)C(=O)C(C)N1CCC(Cc2ccn[nH]2)CC1. The summed E-state index contributed by atoms with van der Waals surface area (Å²) < 4.78 is 0. The van der Waals surface area contributed by atoms with E-state index in [1.165, 1.54) is 5.69 Å². The molecular formula is C16H28N4O. The molecule has 21 heavy (non-hydrogen) atoms. The predicted molar refractivity (Wildman–Crippen MR) is 84.0 cm³/mol. The van der Waals surface area contributed by atoms with Gasteiger partial charge in [0, 0.05) is 25.0 Å². The molecule has 1 fully saturated rings. The second kappa shape index (κ2) is 7.59. The highest BCUT2D eigenvalue weighted by Crippen LogP contribution is 2.22. The molecule has 1 aliphatic heterocycles. The van der Waals surface area contributed by atoms with Crippen molar-refractivity contribution in [1.82, 2.24) is 20.0 Å². The first-order valence-corrected chi connectivity index (χ1v) is 8.16. The summed E-state index contributed by atoms with van der Waals surface area (Å²) in [5.41, 5.74) is 1.22. The lowest BCUT2D eigenvalue weighted by Gasteiger charge is -2.37. The zero-order valence-electron chi connectivity index (χ0n) is 13.5. The van der Waals surface area contributed by atoms with Crippen LogP contribution >= 0.6 is 0 Å². The van der Waals surface area contributed by atoms with Gasteiger partial charge in [-0.1, -0.05) is 0 Å². The molecule has 1 aromatic heterocycles. The molecule has 1 amide bonds. The van der Waals surface area contributed by atoms with Gasteiger partial charge in [0.05, 0.1) is 6.04 Å². The molecule has 1 aliphatic rings.